The molecule has 2 aromatic carbocycles. The van der Waals surface area contributed by atoms with E-state index in [9.17, 15) is 4.79 Å². The van der Waals surface area contributed by atoms with Crippen LogP contribution in [0.2, 0.25) is 0 Å². The molecule has 0 fully saturated rings. The summed E-state index contributed by atoms with van der Waals surface area (Å²) in [5.41, 5.74) is 4.97. The molecule has 1 heterocycles. The van der Waals surface area contributed by atoms with Crippen molar-refractivity contribution in [2.75, 3.05) is 5.32 Å². The van der Waals surface area contributed by atoms with E-state index < -0.39 is 0 Å². The Morgan fingerprint density at radius 3 is 2.48 bits per heavy atom. The summed E-state index contributed by atoms with van der Waals surface area (Å²) in [7, 11) is 0. The van der Waals surface area contributed by atoms with Crippen molar-refractivity contribution < 1.29 is 4.79 Å². The standard InChI is InChI=1S/C20H20N2OS2/c1-13-4-7-17(10-14(13)2)22-20(23)16-5-8-19(9-6-16)25-12-18-11-24-15(3)21-18/h4-11H,12H2,1-3H3,(H,22,23). The summed E-state index contributed by atoms with van der Waals surface area (Å²) in [5.74, 6) is 0.758. The number of thioether (sulfide) groups is 1. The van der Waals surface area contributed by atoms with Crippen molar-refractivity contribution in [3.63, 3.8) is 0 Å². The van der Waals surface area contributed by atoms with Crippen LogP contribution in [0.5, 0.6) is 0 Å². The van der Waals surface area contributed by atoms with Gasteiger partial charge in [0.15, 0.2) is 0 Å². The molecule has 25 heavy (non-hydrogen) atoms. The Balaban J connectivity index is 1.60. The largest absolute Gasteiger partial charge is 0.322 e. The predicted octanol–water partition coefficient (Wildman–Crippen LogP) is 5.61. The summed E-state index contributed by atoms with van der Waals surface area (Å²) in [5, 5.41) is 6.13. The smallest absolute Gasteiger partial charge is 0.255 e. The minimum absolute atomic E-state index is 0.0880. The number of rotatable bonds is 5. The number of nitrogens with one attached hydrogen (secondary N) is 1. The summed E-state index contributed by atoms with van der Waals surface area (Å²) in [6.07, 6.45) is 0. The molecule has 0 atom stereocenters. The van der Waals surface area contributed by atoms with Crippen molar-refractivity contribution in [1.82, 2.24) is 4.98 Å². The Morgan fingerprint density at radius 2 is 1.84 bits per heavy atom. The molecule has 0 saturated carbocycles. The summed E-state index contributed by atoms with van der Waals surface area (Å²) in [4.78, 5) is 18.0. The maximum absolute atomic E-state index is 12.4. The molecule has 5 heteroatoms. The van der Waals surface area contributed by atoms with Gasteiger partial charge in [0.1, 0.15) is 0 Å². The van der Waals surface area contributed by atoms with Crippen LogP contribution in [0.15, 0.2) is 52.7 Å². The van der Waals surface area contributed by atoms with Gasteiger partial charge in [0.25, 0.3) is 5.91 Å². The van der Waals surface area contributed by atoms with Crippen LogP contribution in [0.25, 0.3) is 0 Å². The van der Waals surface area contributed by atoms with E-state index in [2.05, 4.69) is 22.6 Å². The molecule has 0 spiro atoms. The zero-order valence-corrected chi connectivity index (χ0v) is 16.1. The van der Waals surface area contributed by atoms with Crippen molar-refractivity contribution in [2.45, 2.75) is 31.4 Å². The zero-order chi connectivity index (χ0) is 17.8. The second-order valence-corrected chi connectivity index (χ2v) is 8.04. The Morgan fingerprint density at radius 1 is 1.08 bits per heavy atom. The molecule has 1 aromatic heterocycles. The first-order valence-corrected chi connectivity index (χ1v) is 9.90. The minimum atomic E-state index is -0.0880. The SMILES string of the molecule is Cc1nc(CSc2ccc(C(=O)Nc3ccc(C)c(C)c3)cc2)cs1. The third-order valence-corrected chi connectivity index (χ3v) is 5.80. The van der Waals surface area contributed by atoms with Gasteiger partial charge in [-0.2, -0.15) is 0 Å². The highest BCUT2D eigenvalue weighted by molar-refractivity contribution is 7.98. The van der Waals surface area contributed by atoms with Crippen LogP contribution >= 0.6 is 23.1 Å². The molecule has 3 rings (SSSR count). The number of nitrogens with zero attached hydrogens (tertiary/aromatic N) is 1. The zero-order valence-electron chi connectivity index (χ0n) is 14.5. The molecule has 0 aliphatic heterocycles. The minimum Gasteiger partial charge on any atom is -0.322 e. The lowest BCUT2D eigenvalue weighted by Gasteiger charge is -2.08. The normalized spacial score (nSPS) is 10.7. The Kier molecular flexibility index (Phi) is 5.56. The van der Waals surface area contributed by atoms with E-state index in [0.29, 0.717) is 5.56 Å². The number of amides is 1. The van der Waals surface area contributed by atoms with Crippen molar-refractivity contribution in [3.05, 3.63) is 75.2 Å². The maximum Gasteiger partial charge on any atom is 0.255 e. The van der Waals surface area contributed by atoms with E-state index >= 15 is 0 Å². The van der Waals surface area contributed by atoms with Crippen LogP contribution in [0.3, 0.4) is 0 Å². The second-order valence-electron chi connectivity index (χ2n) is 5.92. The maximum atomic E-state index is 12.4. The van der Waals surface area contributed by atoms with Crippen LogP contribution < -0.4 is 5.32 Å². The van der Waals surface area contributed by atoms with Gasteiger partial charge in [0.2, 0.25) is 0 Å². The van der Waals surface area contributed by atoms with Gasteiger partial charge in [-0.1, -0.05) is 6.07 Å². The van der Waals surface area contributed by atoms with Crippen molar-refractivity contribution >= 4 is 34.7 Å². The van der Waals surface area contributed by atoms with E-state index in [1.54, 1.807) is 23.1 Å². The number of benzene rings is 2. The fourth-order valence-corrected chi connectivity index (χ4v) is 3.87. The van der Waals surface area contributed by atoms with E-state index in [4.69, 9.17) is 0 Å². The number of carbonyl (C=O) groups is 1. The molecule has 1 amide bonds. The molecule has 0 aliphatic rings. The van der Waals surface area contributed by atoms with E-state index in [-0.39, 0.29) is 5.91 Å². The van der Waals surface area contributed by atoms with Crippen LogP contribution in [0, 0.1) is 20.8 Å². The highest BCUT2D eigenvalue weighted by atomic mass is 32.2. The Bertz CT molecular complexity index is 885. The predicted molar refractivity (Wildman–Crippen MR) is 107 cm³/mol. The lowest BCUT2D eigenvalue weighted by atomic mass is 10.1. The Labute approximate surface area is 156 Å². The van der Waals surface area contributed by atoms with Crippen molar-refractivity contribution in [2.24, 2.45) is 0 Å². The summed E-state index contributed by atoms with van der Waals surface area (Å²) in [6.45, 7) is 6.12. The number of aryl methyl sites for hydroxylation is 3. The van der Waals surface area contributed by atoms with Gasteiger partial charge in [-0.15, -0.1) is 23.1 Å². The van der Waals surface area contributed by atoms with Crippen LogP contribution in [-0.4, -0.2) is 10.9 Å². The van der Waals surface area contributed by atoms with Crippen molar-refractivity contribution in [3.8, 4) is 0 Å². The molecule has 3 nitrogen and oxygen atoms in total. The fourth-order valence-electron chi connectivity index (χ4n) is 2.36. The van der Waals surface area contributed by atoms with Crippen LogP contribution in [-0.2, 0) is 5.75 Å². The Hall–Kier alpha value is -2.11. The molecule has 0 aliphatic carbocycles. The quantitative estimate of drug-likeness (QED) is 0.595. The van der Waals surface area contributed by atoms with Gasteiger partial charge in [-0.3, -0.25) is 4.79 Å². The first-order valence-electron chi connectivity index (χ1n) is 8.04. The number of hydrogen-bond donors (Lipinski definition) is 1. The highest BCUT2D eigenvalue weighted by Crippen LogP contribution is 2.24. The van der Waals surface area contributed by atoms with Gasteiger partial charge in [0.05, 0.1) is 10.7 Å². The molecular formula is C20H20N2OS2. The number of anilines is 1. The average molecular weight is 369 g/mol. The summed E-state index contributed by atoms with van der Waals surface area (Å²) < 4.78 is 0. The number of thiazole rings is 1. The first kappa shape index (κ1) is 17.7. The highest BCUT2D eigenvalue weighted by Gasteiger charge is 2.07. The van der Waals surface area contributed by atoms with Gasteiger partial charge >= 0.3 is 0 Å². The number of carbonyl (C=O) groups excluding carboxylic acids is 1. The van der Waals surface area contributed by atoms with Crippen molar-refractivity contribution in [1.29, 1.82) is 0 Å². The van der Waals surface area contributed by atoms with E-state index in [0.717, 1.165) is 27.0 Å². The fraction of sp³-hybridized carbons (Fsp3) is 0.200. The lowest BCUT2D eigenvalue weighted by Crippen LogP contribution is -2.11. The van der Waals surface area contributed by atoms with Crippen LogP contribution in [0.4, 0.5) is 5.69 Å². The molecule has 3 aromatic rings. The average Bonchev–Trinajstić information content (AvgIpc) is 3.02. The molecule has 0 bridgehead atoms. The second kappa shape index (κ2) is 7.85. The van der Waals surface area contributed by atoms with Gasteiger partial charge in [0, 0.05) is 27.3 Å². The third kappa shape index (κ3) is 4.71. The first-order chi connectivity index (χ1) is 12.0. The number of aromatic nitrogens is 1. The monoisotopic (exact) mass is 368 g/mol. The topological polar surface area (TPSA) is 42.0 Å². The number of hydrogen-bond acceptors (Lipinski definition) is 4. The van der Waals surface area contributed by atoms with E-state index in [1.807, 2.05) is 56.3 Å². The van der Waals surface area contributed by atoms with Gasteiger partial charge in [-0.05, 0) is 68.3 Å². The summed E-state index contributed by atoms with van der Waals surface area (Å²) >= 11 is 3.40. The van der Waals surface area contributed by atoms with Gasteiger partial charge in [-0.25, -0.2) is 4.98 Å². The lowest BCUT2D eigenvalue weighted by molar-refractivity contribution is 0.102. The molecule has 128 valence electrons. The molecule has 1 N–H and O–H groups in total. The third-order valence-electron chi connectivity index (χ3n) is 3.93. The van der Waals surface area contributed by atoms with E-state index in [1.165, 1.54) is 11.1 Å². The molecular weight excluding hydrogens is 348 g/mol. The molecule has 0 saturated heterocycles. The van der Waals surface area contributed by atoms with Gasteiger partial charge < -0.3 is 5.32 Å². The molecule has 0 unspecified atom stereocenters. The molecule has 0 radical (unpaired) electrons. The van der Waals surface area contributed by atoms with Crippen LogP contribution in [0.1, 0.15) is 32.2 Å². The summed E-state index contributed by atoms with van der Waals surface area (Å²) in [6, 6.07) is 13.6.